The Kier molecular flexibility index (Phi) is 6.78. The highest BCUT2D eigenvalue weighted by atomic mass is 31.0. The van der Waals surface area contributed by atoms with Crippen molar-refractivity contribution in [2.45, 2.75) is 0 Å². The Morgan fingerprint density at radius 1 is 0.882 bits per heavy atom. The Hall–Kier alpha value is -1.59. The Labute approximate surface area is 105 Å². The van der Waals surface area contributed by atoms with Crippen molar-refractivity contribution in [1.82, 2.24) is 0 Å². The molecule has 1 atom stereocenters. The fraction of sp³-hybridized carbons (Fsp3) is 0.0667. The van der Waals surface area contributed by atoms with Crippen LogP contribution in [-0.4, -0.2) is 7.11 Å². The van der Waals surface area contributed by atoms with Gasteiger partial charge in [-0.15, -0.1) is 9.24 Å². The van der Waals surface area contributed by atoms with Crippen molar-refractivity contribution in [2.75, 3.05) is 7.11 Å². The van der Waals surface area contributed by atoms with Gasteiger partial charge in [0.1, 0.15) is 0 Å². The predicted octanol–water partition coefficient (Wildman–Crippen LogP) is 3.49. The second kappa shape index (κ2) is 8.55. The number of benzene rings is 2. The third-order valence-corrected chi connectivity index (χ3v) is 2.38. The second-order valence-electron chi connectivity index (χ2n) is 3.36. The van der Waals surface area contributed by atoms with Gasteiger partial charge in [-0.3, -0.25) is 0 Å². The molecule has 0 spiro atoms. The van der Waals surface area contributed by atoms with E-state index in [1.165, 1.54) is 5.30 Å². The van der Waals surface area contributed by atoms with Crippen molar-refractivity contribution in [3.8, 4) is 0 Å². The molecular weight excluding hydrogens is 227 g/mol. The molecule has 2 heteroatoms. The van der Waals surface area contributed by atoms with Gasteiger partial charge in [-0.1, -0.05) is 60.7 Å². The van der Waals surface area contributed by atoms with Crippen LogP contribution in [0.25, 0.3) is 6.08 Å². The summed E-state index contributed by atoms with van der Waals surface area (Å²) in [5.74, 6) is 0. The van der Waals surface area contributed by atoms with Crippen LogP contribution in [-0.2, 0) is 4.74 Å². The van der Waals surface area contributed by atoms with Gasteiger partial charge < -0.3 is 4.74 Å². The largest absolute Gasteiger partial charge is 0.504 e. The average molecular weight is 244 g/mol. The van der Waals surface area contributed by atoms with Gasteiger partial charge in [0, 0.05) is 0 Å². The van der Waals surface area contributed by atoms with Crippen molar-refractivity contribution in [3.05, 3.63) is 72.5 Å². The van der Waals surface area contributed by atoms with E-state index in [2.05, 4.69) is 9.24 Å². The Morgan fingerprint density at radius 2 is 1.41 bits per heavy atom. The van der Waals surface area contributed by atoms with E-state index in [0.29, 0.717) is 0 Å². The number of hydrogen-bond acceptors (Lipinski definition) is 1. The maximum Gasteiger partial charge on any atom is 0.0830 e. The smallest absolute Gasteiger partial charge is 0.0830 e. The summed E-state index contributed by atoms with van der Waals surface area (Å²) in [5, 5.41) is 1.24. The van der Waals surface area contributed by atoms with Crippen LogP contribution in [0.15, 0.2) is 66.9 Å². The molecular formula is C15H17OP. The van der Waals surface area contributed by atoms with Crippen LogP contribution in [0.5, 0.6) is 0 Å². The zero-order valence-corrected chi connectivity index (χ0v) is 11.1. The van der Waals surface area contributed by atoms with Crippen LogP contribution in [0.2, 0.25) is 0 Å². The zero-order valence-electron chi connectivity index (χ0n) is 9.91. The van der Waals surface area contributed by atoms with Crippen LogP contribution in [0.4, 0.5) is 0 Å². The van der Waals surface area contributed by atoms with Crippen LogP contribution in [0, 0.1) is 0 Å². The molecule has 0 aromatic heterocycles. The lowest BCUT2D eigenvalue weighted by atomic mass is 10.2. The molecule has 0 amide bonds. The van der Waals surface area contributed by atoms with Gasteiger partial charge in [-0.25, -0.2) is 0 Å². The molecule has 0 bridgehead atoms. The summed E-state index contributed by atoms with van der Waals surface area (Å²) in [7, 11) is 4.27. The molecule has 0 fully saturated rings. The number of ether oxygens (including phenoxy) is 1. The highest BCUT2D eigenvalue weighted by Crippen LogP contribution is 1.99. The van der Waals surface area contributed by atoms with Crippen molar-refractivity contribution >= 4 is 20.6 Å². The van der Waals surface area contributed by atoms with Gasteiger partial charge in [0.05, 0.1) is 13.4 Å². The molecule has 1 nitrogen and oxygen atoms in total. The first-order valence-electron chi connectivity index (χ1n) is 5.38. The molecule has 1 unspecified atom stereocenters. The first-order valence-corrected chi connectivity index (χ1v) is 5.95. The van der Waals surface area contributed by atoms with Gasteiger partial charge in [0.2, 0.25) is 0 Å². The molecule has 2 aromatic rings. The van der Waals surface area contributed by atoms with Crippen molar-refractivity contribution in [1.29, 1.82) is 0 Å². The summed E-state index contributed by atoms with van der Waals surface area (Å²) in [5.41, 5.74) is 1.16. The lowest BCUT2D eigenvalue weighted by molar-refractivity contribution is 0.341. The van der Waals surface area contributed by atoms with E-state index in [1.54, 1.807) is 13.4 Å². The third-order valence-electron chi connectivity index (χ3n) is 2.00. The topological polar surface area (TPSA) is 9.23 Å². The summed E-state index contributed by atoms with van der Waals surface area (Å²) < 4.78 is 4.77. The minimum absolute atomic E-state index is 1.16. The van der Waals surface area contributed by atoms with E-state index < -0.39 is 0 Å². The normalized spacial score (nSPS) is 9.53. The zero-order chi connectivity index (χ0) is 12.3. The molecule has 0 saturated heterocycles. The maximum atomic E-state index is 4.77. The lowest BCUT2D eigenvalue weighted by Crippen LogP contribution is -1.82. The third kappa shape index (κ3) is 6.55. The van der Waals surface area contributed by atoms with Gasteiger partial charge >= 0.3 is 0 Å². The molecule has 17 heavy (non-hydrogen) atoms. The van der Waals surface area contributed by atoms with E-state index in [1.807, 2.05) is 66.7 Å². The van der Waals surface area contributed by atoms with Crippen LogP contribution in [0.1, 0.15) is 5.56 Å². The van der Waals surface area contributed by atoms with Gasteiger partial charge in [0.25, 0.3) is 0 Å². The van der Waals surface area contributed by atoms with Crippen molar-refractivity contribution < 1.29 is 4.74 Å². The number of rotatable bonds is 2. The summed E-state index contributed by atoms with van der Waals surface area (Å²) >= 11 is 0. The monoisotopic (exact) mass is 244 g/mol. The van der Waals surface area contributed by atoms with Crippen LogP contribution in [0.3, 0.4) is 0 Å². The van der Waals surface area contributed by atoms with Crippen molar-refractivity contribution in [3.63, 3.8) is 0 Å². The molecule has 88 valence electrons. The van der Waals surface area contributed by atoms with Crippen LogP contribution >= 0.6 is 9.24 Å². The second-order valence-corrected chi connectivity index (χ2v) is 4.03. The van der Waals surface area contributed by atoms with E-state index in [9.17, 15) is 0 Å². The highest BCUT2D eigenvalue weighted by molar-refractivity contribution is 7.27. The van der Waals surface area contributed by atoms with E-state index >= 15 is 0 Å². The minimum Gasteiger partial charge on any atom is -0.504 e. The molecule has 0 aliphatic heterocycles. The highest BCUT2D eigenvalue weighted by Gasteiger charge is 1.79. The van der Waals surface area contributed by atoms with E-state index in [4.69, 9.17) is 4.74 Å². The molecule has 0 saturated carbocycles. The van der Waals surface area contributed by atoms with E-state index in [0.717, 1.165) is 5.56 Å². The Morgan fingerprint density at radius 3 is 1.82 bits per heavy atom. The molecule has 0 radical (unpaired) electrons. The first kappa shape index (κ1) is 13.5. The quantitative estimate of drug-likeness (QED) is 0.580. The van der Waals surface area contributed by atoms with E-state index in [-0.39, 0.29) is 0 Å². The summed E-state index contributed by atoms with van der Waals surface area (Å²) in [6.45, 7) is 0. The molecule has 0 aliphatic rings. The van der Waals surface area contributed by atoms with Crippen LogP contribution < -0.4 is 5.30 Å². The molecule has 0 heterocycles. The van der Waals surface area contributed by atoms with Crippen molar-refractivity contribution in [2.24, 2.45) is 0 Å². The summed E-state index contributed by atoms with van der Waals surface area (Å²) in [6, 6.07) is 20.2. The molecule has 0 N–H and O–H groups in total. The molecule has 2 aromatic carbocycles. The maximum absolute atomic E-state index is 4.77. The Balaban J connectivity index is 0.000000181. The summed E-state index contributed by atoms with van der Waals surface area (Å²) in [6.07, 6.45) is 3.58. The van der Waals surface area contributed by atoms with Gasteiger partial charge in [-0.05, 0) is 16.9 Å². The fourth-order valence-electron chi connectivity index (χ4n) is 1.16. The average Bonchev–Trinajstić information content (AvgIpc) is 2.39. The summed E-state index contributed by atoms with van der Waals surface area (Å²) in [4.78, 5) is 0. The molecule has 2 rings (SSSR count). The fourth-order valence-corrected chi connectivity index (χ4v) is 1.39. The number of hydrogen-bond donors (Lipinski definition) is 0. The first-order chi connectivity index (χ1) is 8.33. The number of methoxy groups -OCH3 is 1. The SMILES string of the molecule is COC=Cc1ccccc1.Pc1ccccc1. The lowest BCUT2D eigenvalue weighted by Gasteiger charge is -1.89. The minimum atomic E-state index is 1.16. The predicted molar refractivity (Wildman–Crippen MR) is 78.3 cm³/mol. The molecule has 0 aliphatic carbocycles. The van der Waals surface area contributed by atoms with Gasteiger partial charge in [0.15, 0.2) is 0 Å². The standard InChI is InChI=1S/C9H10O.C6H7P/c1-10-8-7-9-5-3-2-4-6-9;7-6-4-2-1-3-5-6/h2-8H,1H3;1-5H,7H2. The van der Waals surface area contributed by atoms with Gasteiger partial charge in [-0.2, -0.15) is 0 Å². The Bertz CT molecular complexity index is 423.